The average molecular weight is 807 g/mol. The van der Waals surface area contributed by atoms with Gasteiger partial charge >= 0.3 is 11.9 Å². The lowest BCUT2D eigenvalue weighted by atomic mass is 10.0. The highest BCUT2D eigenvalue weighted by Gasteiger charge is 2.29. The van der Waals surface area contributed by atoms with Gasteiger partial charge in [0.1, 0.15) is 36.8 Å². The van der Waals surface area contributed by atoms with E-state index < -0.39 is 24.0 Å². The summed E-state index contributed by atoms with van der Waals surface area (Å²) in [4.78, 5) is 27.5. The Hall–Kier alpha value is -3.70. The molecule has 0 amide bonds. The fraction of sp³-hybridized carbons (Fsp3) is 0.350. The van der Waals surface area contributed by atoms with Crippen LogP contribution in [-0.2, 0) is 35.9 Å². The summed E-state index contributed by atoms with van der Waals surface area (Å²) in [6.07, 6.45) is 5.35. The van der Waals surface area contributed by atoms with Crippen LogP contribution in [0.2, 0.25) is 0 Å². The van der Waals surface area contributed by atoms with E-state index in [1.54, 1.807) is 0 Å². The topological polar surface area (TPSA) is 99.5 Å². The van der Waals surface area contributed by atoms with E-state index in [0.29, 0.717) is 39.1 Å². The molecule has 6 rings (SSSR count). The fourth-order valence-corrected chi connectivity index (χ4v) is 7.99. The number of likely N-dealkylation sites (tertiary alicyclic amines) is 2. The minimum absolute atomic E-state index is 0.403. The number of hydrogen-bond acceptors (Lipinski definition) is 6. The lowest BCUT2D eigenvalue weighted by Gasteiger charge is -2.32. The Kier molecular flexibility index (Phi) is 12.3. The van der Waals surface area contributed by atoms with Gasteiger partial charge in [0.15, 0.2) is 0 Å². The molecule has 8 nitrogen and oxygen atoms in total. The van der Waals surface area contributed by atoms with Crippen molar-refractivity contribution in [2.45, 2.75) is 76.9 Å². The molecule has 50 heavy (non-hydrogen) atoms. The van der Waals surface area contributed by atoms with Crippen molar-refractivity contribution in [3.05, 3.63) is 116 Å². The van der Waals surface area contributed by atoms with Gasteiger partial charge in [-0.25, -0.2) is 0 Å². The number of carbonyl (C=O) groups is 2. The molecule has 0 aromatic heterocycles. The molecule has 2 heterocycles. The Balaban J connectivity index is 1.04. The molecule has 0 unspecified atom stereocenters. The van der Waals surface area contributed by atoms with E-state index in [0.717, 1.165) is 92.6 Å². The van der Waals surface area contributed by atoms with Crippen LogP contribution in [0.4, 0.5) is 0 Å². The number of ether oxygens (including phenoxy) is 2. The second-order valence-corrected chi connectivity index (χ2v) is 14.9. The van der Waals surface area contributed by atoms with Gasteiger partial charge in [-0.15, -0.1) is 0 Å². The molecule has 2 saturated heterocycles. The normalized spacial score (nSPS) is 18.4. The van der Waals surface area contributed by atoms with Crippen molar-refractivity contribution in [2.75, 3.05) is 13.1 Å². The second-order valence-electron chi connectivity index (χ2n) is 13.1. The van der Waals surface area contributed by atoms with Gasteiger partial charge in [-0.3, -0.25) is 19.4 Å². The summed E-state index contributed by atoms with van der Waals surface area (Å²) in [6, 6.07) is 27.7. The maximum Gasteiger partial charge on any atom is 0.320 e. The first-order valence-electron chi connectivity index (χ1n) is 17.2. The van der Waals surface area contributed by atoms with Gasteiger partial charge < -0.3 is 19.7 Å². The maximum atomic E-state index is 11.7. The van der Waals surface area contributed by atoms with Crippen molar-refractivity contribution >= 4 is 43.8 Å². The smallest absolute Gasteiger partial charge is 0.320 e. The van der Waals surface area contributed by atoms with E-state index in [2.05, 4.69) is 68.3 Å². The van der Waals surface area contributed by atoms with Gasteiger partial charge in [-0.1, -0.05) is 61.4 Å². The molecule has 0 aliphatic carbocycles. The van der Waals surface area contributed by atoms with E-state index in [-0.39, 0.29) is 0 Å². The second kappa shape index (κ2) is 17.0. The average Bonchev–Trinajstić information content (AvgIpc) is 3.11. The largest absolute Gasteiger partial charge is 0.488 e. The molecule has 0 saturated carbocycles. The summed E-state index contributed by atoms with van der Waals surface area (Å²) < 4.78 is 14.1. The third-order valence-electron chi connectivity index (χ3n) is 9.54. The Morgan fingerprint density at radius 2 is 1.04 bits per heavy atom. The summed E-state index contributed by atoms with van der Waals surface area (Å²) in [5.74, 6) is -0.0165. The Morgan fingerprint density at radius 3 is 1.44 bits per heavy atom. The van der Waals surface area contributed by atoms with Crippen LogP contribution in [0.3, 0.4) is 0 Å². The first-order chi connectivity index (χ1) is 24.2. The van der Waals surface area contributed by atoms with E-state index in [1.807, 2.05) is 58.3 Å². The number of rotatable bonds is 13. The minimum atomic E-state index is -0.746. The molecule has 2 fully saturated rings. The number of carboxylic acids is 2. The van der Waals surface area contributed by atoms with Crippen LogP contribution >= 0.6 is 31.9 Å². The van der Waals surface area contributed by atoms with Crippen molar-refractivity contribution < 1.29 is 29.3 Å². The van der Waals surface area contributed by atoms with Gasteiger partial charge in [0.25, 0.3) is 0 Å². The molecule has 0 spiro atoms. The molecule has 2 aliphatic rings. The quantitative estimate of drug-likeness (QED) is 0.138. The van der Waals surface area contributed by atoms with Crippen LogP contribution in [0, 0.1) is 0 Å². The lowest BCUT2D eigenvalue weighted by Crippen LogP contribution is -2.43. The highest BCUT2D eigenvalue weighted by molar-refractivity contribution is 9.10. The number of benzene rings is 4. The summed E-state index contributed by atoms with van der Waals surface area (Å²) in [5, 5.41) is 19.2. The van der Waals surface area contributed by atoms with Crippen LogP contribution < -0.4 is 9.47 Å². The van der Waals surface area contributed by atoms with Crippen molar-refractivity contribution in [1.82, 2.24) is 9.80 Å². The summed E-state index contributed by atoms with van der Waals surface area (Å²) in [5.41, 5.74) is 6.36. The molecule has 2 atom stereocenters. The van der Waals surface area contributed by atoms with Gasteiger partial charge in [0, 0.05) is 13.1 Å². The number of nitrogens with zero attached hydrogens (tertiary/aromatic N) is 2. The molecule has 4 aromatic rings. The zero-order valence-corrected chi connectivity index (χ0v) is 31.1. The van der Waals surface area contributed by atoms with E-state index in [9.17, 15) is 19.8 Å². The van der Waals surface area contributed by atoms with Crippen molar-refractivity contribution in [3.8, 4) is 22.6 Å². The standard InChI is InChI=1S/C40H42Br2N2O6/c41-33-21-27(23-43-17-3-1-11-35(43)39(45)46)13-15-37(33)49-25-29-7-5-9-31(19-29)32-10-6-8-30(20-32)26-50-38-16-14-28(22-34(38)42)24-44-18-4-2-12-36(44)40(47)48/h5-10,13-16,19-22,35-36H,1-4,11-12,17-18,23-26H2,(H,45,46)(H,47,48)/t35-,36-/m0/s1. The first-order valence-corrected chi connectivity index (χ1v) is 18.8. The van der Waals surface area contributed by atoms with Crippen molar-refractivity contribution in [1.29, 1.82) is 0 Å². The number of halogens is 2. The molecule has 0 radical (unpaired) electrons. The Bertz CT molecular complexity index is 1690. The fourth-order valence-electron chi connectivity index (χ4n) is 6.91. The molecule has 10 heteroatoms. The van der Waals surface area contributed by atoms with Crippen LogP contribution in [0.25, 0.3) is 11.1 Å². The van der Waals surface area contributed by atoms with Gasteiger partial charge in [-0.05, 0) is 140 Å². The zero-order valence-electron chi connectivity index (χ0n) is 27.9. The van der Waals surface area contributed by atoms with Crippen LogP contribution in [0.15, 0.2) is 93.9 Å². The molecule has 2 aliphatic heterocycles. The minimum Gasteiger partial charge on any atom is -0.488 e. The molecular formula is C40H42Br2N2O6. The number of aliphatic carboxylic acids is 2. The maximum absolute atomic E-state index is 11.7. The summed E-state index contributed by atoms with van der Waals surface area (Å²) >= 11 is 7.32. The molecule has 0 bridgehead atoms. The summed E-state index contributed by atoms with van der Waals surface area (Å²) in [6.45, 7) is 3.59. The third-order valence-corrected chi connectivity index (χ3v) is 10.8. The first kappa shape index (κ1) is 36.1. The molecule has 262 valence electrons. The van der Waals surface area contributed by atoms with Crippen molar-refractivity contribution in [3.63, 3.8) is 0 Å². The van der Waals surface area contributed by atoms with E-state index in [4.69, 9.17) is 9.47 Å². The number of hydrogen-bond donors (Lipinski definition) is 2. The monoisotopic (exact) mass is 804 g/mol. The third kappa shape index (κ3) is 9.34. The predicted octanol–water partition coefficient (Wildman–Crippen LogP) is 8.91. The predicted molar refractivity (Wildman–Crippen MR) is 200 cm³/mol. The van der Waals surface area contributed by atoms with E-state index >= 15 is 0 Å². The molecule has 2 N–H and O–H groups in total. The van der Waals surface area contributed by atoms with E-state index in [1.165, 1.54) is 0 Å². The number of carboxylic acid groups (broad SMARTS) is 2. The van der Waals surface area contributed by atoms with Crippen LogP contribution in [-0.4, -0.2) is 57.1 Å². The van der Waals surface area contributed by atoms with Gasteiger partial charge in [0.05, 0.1) is 8.95 Å². The van der Waals surface area contributed by atoms with Gasteiger partial charge in [-0.2, -0.15) is 0 Å². The van der Waals surface area contributed by atoms with Crippen LogP contribution in [0.1, 0.15) is 60.8 Å². The zero-order chi connectivity index (χ0) is 35.0. The van der Waals surface area contributed by atoms with Crippen molar-refractivity contribution in [2.24, 2.45) is 0 Å². The lowest BCUT2D eigenvalue weighted by molar-refractivity contribution is -0.145. The highest BCUT2D eigenvalue weighted by Crippen LogP contribution is 2.31. The Morgan fingerprint density at radius 1 is 0.600 bits per heavy atom. The summed E-state index contributed by atoms with van der Waals surface area (Å²) in [7, 11) is 0. The molecular weight excluding hydrogens is 764 g/mol. The number of piperidine rings is 2. The van der Waals surface area contributed by atoms with Gasteiger partial charge in [0.2, 0.25) is 0 Å². The highest BCUT2D eigenvalue weighted by atomic mass is 79.9. The SMILES string of the molecule is O=C(O)[C@@H]1CCCCN1Cc1ccc(OCc2cccc(-c3cccc(COc4ccc(CN5CCCC[C@H]5C(=O)O)cc4Br)c3)c2)c(Br)c1. The Labute approximate surface area is 310 Å². The van der Waals surface area contributed by atoms with Crippen LogP contribution in [0.5, 0.6) is 11.5 Å². The molecule has 4 aromatic carbocycles.